The average molecular weight is 331 g/mol. The van der Waals surface area contributed by atoms with Crippen molar-refractivity contribution >= 4 is 17.2 Å². The fourth-order valence-electron chi connectivity index (χ4n) is 2.94. The van der Waals surface area contributed by atoms with Gasteiger partial charge in [-0.1, -0.05) is 12.1 Å². The summed E-state index contributed by atoms with van der Waals surface area (Å²) in [6.45, 7) is 4.80. The van der Waals surface area contributed by atoms with Crippen LogP contribution in [0.1, 0.15) is 23.5 Å². The number of carbonyl (C=O) groups is 1. The maximum atomic E-state index is 11.8. The molecule has 0 spiro atoms. The highest BCUT2D eigenvalue weighted by Crippen LogP contribution is 2.28. The van der Waals surface area contributed by atoms with Crippen LogP contribution in [-0.4, -0.2) is 47.4 Å². The molecule has 1 aromatic carbocycles. The Balaban J connectivity index is 1.82. The zero-order valence-corrected chi connectivity index (χ0v) is 14.3. The normalized spacial score (nSPS) is 18.9. The molecular formula is C17H21N3O2S. The molecule has 1 saturated heterocycles. The maximum absolute atomic E-state index is 11.8. The zero-order valence-electron chi connectivity index (χ0n) is 13.4. The van der Waals surface area contributed by atoms with Gasteiger partial charge in [0.05, 0.1) is 19.7 Å². The van der Waals surface area contributed by atoms with Crippen LogP contribution in [0, 0.1) is 0 Å². The Morgan fingerprint density at radius 1 is 1.35 bits per heavy atom. The molecule has 0 radical (unpaired) electrons. The largest absolute Gasteiger partial charge is 0.497 e. The molecule has 0 unspecified atom stereocenters. The first kappa shape index (κ1) is 16.0. The minimum Gasteiger partial charge on any atom is -0.497 e. The van der Waals surface area contributed by atoms with Crippen LogP contribution in [0.3, 0.4) is 0 Å². The molecule has 1 fully saturated rings. The summed E-state index contributed by atoms with van der Waals surface area (Å²) in [5.41, 5.74) is 1.20. The predicted molar refractivity (Wildman–Crippen MR) is 90.5 cm³/mol. The minimum atomic E-state index is 0.136. The van der Waals surface area contributed by atoms with E-state index in [1.807, 2.05) is 28.6 Å². The lowest BCUT2D eigenvalue weighted by Crippen LogP contribution is -2.49. The maximum Gasteiger partial charge on any atom is 0.219 e. The van der Waals surface area contributed by atoms with E-state index in [-0.39, 0.29) is 11.9 Å². The van der Waals surface area contributed by atoms with E-state index in [2.05, 4.69) is 22.0 Å². The Labute approximate surface area is 140 Å². The summed E-state index contributed by atoms with van der Waals surface area (Å²) >= 11 is 1.67. The summed E-state index contributed by atoms with van der Waals surface area (Å²) in [4.78, 5) is 20.5. The first-order valence-corrected chi connectivity index (χ1v) is 8.57. The van der Waals surface area contributed by atoms with Crippen molar-refractivity contribution in [2.45, 2.75) is 19.5 Å². The van der Waals surface area contributed by atoms with E-state index in [9.17, 15) is 4.79 Å². The second-order valence-electron chi connectivity index (χ2n) is 5.65. The first-order chi connectivity index (χ1) is 11.2. The third-order valence-corrected chi connectivity index (χ3v) is 5.02. The lowest BCUT2D eigenvalue weighted by Gasteiger charge is -2.41. The number of thiazole rings is 1. The molecule has 0 saturated carbocycles. The predicted octanol–water partition coefficient (Wildman–Crippen LogP) is 2.56. The lowest BCUT2D eigenvalue weighted by atomic mass is 10.0. The van der Waals surface area contributed by atoms with Crippen LogP contribution in [0.25, 0.3) is 0 Å². The van der Waals surface area contributed by atoms with Crippen molar-refractivity contribution in [2.75, 3.05) is 26.7 Å². The van der Waals surface area contributed by atoms with E-state index in [1.165, 1.54) is 5.56 Å². The Kier molecular flexibility index (Phi) is 4.93. The van der Waals surface area contributed by atoms with Gasteiger partial charge in [0.1, 0.15) is 10.8 Å². The van der Waals surface area contributed by atoms with Crippen molar-refractivity contribution in [1.82, 2.24) is 14.8 Å². The number of carbonyl (C=O) groups excluding carboxylic acids is 1. The van der Waals surface area contributed by atoms with Gasteiger partial charge in [0.2, 0.25) is 5.91 Å². The molecule has 0 bridgehead atoms. The Morgan fingerprint density at radius 3 is 2.74 bits per heavy atom. The van der Waals surface area contributed by atoms with Crippen molar-refractivity contribution in [3.05, 3.63) is 46.4 Å². The smallest absolute Gasteiger partial charge is 0.219 e. The van der Waals surface area contributed by atoms with Crippen molar-refractivity contribution in [1.29, 1.82) is 0 Å². The van der Waals surface area contributed by atoms with Gasteiger partial charge in [-0.15, -0.1) is 11.3 Å². The topological polar surface area (TPSA) is 45.7 Å². The molecule has 0 aliphatic carbocycles. The molecular weight excluding hydrogens is 310 g/mol. The summed E-state index contributed by atoms with van der Waals surface area (Å²) in [6, 6.07) is 8.31. The molecule has 1 atom stereocenters. The van der Waals surface area contributed by atoms with E-state index in [0.29, 0.717) is 6.54 Å². The molecule has 6 heteroatoms. The number of nitrogens with zero attached hydrogens (tertiary/aromatic N) is 3. The molecule has 1 amide bonds. The summed E-state index contributed by atoms with van der Waals surface area (Å²) in [6.07, 6.45) is 1.84. The summed E-state index contributed by atoms with van der Waals surface area (Å²) in [5.74, 6) is 0.983. The quantitative estimate of drug-likeness (QED) is 0.864. The number of hydrogen-bond acceptors (Lipinski definition) is 5. The van der Waals surface area contributed by atoms with Crippen LogP contribution in [0.5, 0.6) is 5.75 Å². The number of aromatic nitrogens is 1. The van der Waals surface area contributed by atoms with Crippen LogP contribution in [-0.2, 0) is 11.3 Å². The van der Waals surface area contributed by atoms with Gasteiger partial charge in [0.25, 0.3) is 0 Å². The van der Waals surface area contributed by atoms with Gasteiger partial charge >= 0.3 is 0 Å². The van der Waals surface area contributed by atoms with Gasteiger partial charge in [-0.05, 0) is 17.7 Å². The van der Waals surface area contributed by atoms with Gasteiger partial charge in [0.15, 0.2) is 0 Å². The molecule has 1 aliphatic rings. The molecule has 5 nitrogen and oxygen atoms in total. The van der Waals surface area contributed by atoms with Gasteiger partial charge in [0, 0.05) is 38.1 Å². The molecule has 122 valence electrons. The standard InChI is InChI=1S/C17H21N3O2S/c1-13(21)19-8-9-20(12-17-18-7-10-23-17)16(11-19)14-3-5-15(22-2)6-4-14/h3-7,10,16H,8-9,11-12H2,1-2H3/t16-/m0/s1. The first-order valence-electron chi connectivity index (χ1n) is 7.69. The number of amides is 1. The number of piperazine rings is 1. The highest BCUT2D eigenvalue weighted by molar-refractivity contribution is 7.09. The van der Waals surface area contributed by atoms with E-state index >= 15 is 0 Å². The van der Waals surface area contributed by atoms with Crippen molar-refractivity contribution in [2.24, 2.45) is 0 Å². The fourth-order valence-corrected chi connectivity index (χ4v) is 3.58. The number of rotatable bonds is 4. The van der Waals surface area contributed by atoms with Crippen LogP contribution in [0.2, 0.25) is 0 Å². The monoisotopic (exact) mass is 331 g/mol. The van der Waals surface area contributed by atoms with Gasteiger partial charge in [-0.2, -0.15) is 0 Å². The zero-order chi connectivity index (χ0) is 16.2. The van der Waals surface area contributed by atoms with E-state index in [0.717, 1.165) is 30.4 Å². The summed E-state index contributed by atoms with van der Waals surface area (Å²) in [5, 5.41) is 3.11. The highest BCUT2D eigenvalue weighted by atomic mass is 32.1. The molecule has 2 heterocycles. The van der Waals surface area contributed by atoms with Crippen molar-refractivity contribution in [3.8, 4) is 5.75 Å². The van der Waals surface area contributed by atoms with Crippen LogP contribution in [0.4, 0.5) is 0 Å². The SMILES string of the molecule is COc1ccc([C@@H]2CN(C(C)=O)CCN2Cc2nccs2)cc1. The Bertz CT molecular complexity index is 642. The van der Waals surface area contributed by atoms with Crippen molar-refractivity contribution in [3.63, 3.8) is 0 Å². The van der Waals surface area contributed by atoms with E-state index in [1.54, 1.807) is 25.4 Å². The van der Waals surface area contributed by atoms with Gasteiger partial charge in [-0.25, -0.2) is 4.98 Å². The van der Waals surface area contributed by atoms with Gasteiger partial charge < -0.3 is 9.64 Å². The van der Waals surface area contributed by atoms with Crippen molar-refractivity contribution < 1.29 is 9.53 Å². The summed E-state index contributed by atoms with van der Waals surface area (Å²) < 4.78 is 5.24. The molecule has 0 N–H and O–H groups in total. The Morgan fingerprint density at radius 2 is 2.13 bits per heavy atom. The highest BCUT2D eigenvalue weighted by Gasteiger charge is 2.29. The van der Waals surface area contributed by atoms with Crippen LogP contribution < -0.4 is 4.74 Å². The fraction of sp³-hybridized carbons (Fsp3) is 0.412. The van der Waals surface area contributed by atoms with Crippen LogP contribution in [0.15, 0.2) is 35.8 Å². The molecule has 1 aliphatic heterocycles. The Hall–Kier alpha value is -1.92. The average Bonchev–Trinajstić information content (AvgIpc) is 3.08. The second kappa shape index (κ2) is 7.10. The third kappa shape index (κ3) is 3.71. The number of benzene rings is 1. The van der Waals surface area contributed by atoms with Crippen LogP contribution >= 0.6 is 11.3 Å². The molecule has 2 aromatic rings. The van der Waals surface area contributed by atoms with E-state index < -0.39 is 0 Å². The minimum absolute atomic E-state index is 0.136. The summed E-state index contributed by atoms with van der Waals surface area (Å²) in [7, 11) is 1.67. The molecule has 23 heavy (non-hydrogen) atoms. The number of ether oxygens (including phenoxy) is 1. The third-order valence-electron chi connectivity index (χ3n) is 4.26. The van der Waals surface area contributed by atoms with Gasteiger partial charge in [-0.3, -0.25) is 9.69 Å². The molecule has 3 rings (SSSR count). The lowest BCUT2D eigenvalue weighted by molar-refractivity contribution is -0.132. The van der Waals surface area contributed by atoms with E-state index in [4.69, 9.17) is 4.74 Å². The number of hydrogen-bond donors (Lipinski definition) is 0. The molecule has 1 aromatic heterocycles. The second-order valence-corrected chi connectivity index (χ2v) is 6.63. The number of methoxy groups -OCH3 is 1.